The van der Waals surface area contributed by atoms with Gasteiger partial charge in [-0.15, -0.1) is 11.8 Å². The molecule has 1 aliphatic carbocycles. The standard InChI is InChI=1S/C16H13ClFNO4S/c1-24-9-4-5-10(11(17)6-9)15-12(14(20)8-2-3-8)13(19-23-15)16(21)22-7-18/h4-6,8H,2-3,7H2,1H3. The van der Waals surface area contributed by atoms with E-state index in [-0.39, 0.29) is 28.7 Å². The van der Waals surface area contributed by atoms with Gasteiger partial charge in [0, 0.05) is 16.4 Å². The summed E-state index contributed by atoms with van der Waals surface area (Å²) in [6, 6.07) is 5.25. The zero-order valence-electron chi connectivity index (χ0n) is 12.7. The number of thioether (sulfide) groups is 1. The van der Waals surface area contributed by atoms with Gasteiger partial charge in [-0.25, -0.2) is 9.18 Å². The lowest BCUT2D eigenvalue weighted by Crippen LogP contribution is -2.12. The molecule has 0 aliphatic heterocycles. The fraction of sp³-hybridized carbons (Fsp3) is 0.312. The first-order valence-corrected chi connectivity index (χ1v) is 8.78. The number of nitrogens with zero attached hydrogens (tertiary/aromatic N) is 1. The van der Waals surface area contributed by atoms with Gasteiger partial charge in [0.25, 0.3) is 0 Å². The number of esters is 1. The van der Waals surface area contributed by atoms with Gasteiger partial charge in [0.2, 0.25) is 12.6 Å². The van der Waals surface area contributed by atoms with Crippen molar-refractivity contribution in [2.24, 2.45) is 5.92 Å². The second-order valence-corrected chi connectivity index (χ2v) is 6.55. The van der Waals surface area contributed by atoms with Gasteiger partial charge in [0.05, 0.1) is 5.02 Å². The van der Waals surface area contributed by atoms with Crippen molar-refractivity contribution in [2.45, 2.75) is 17.7 Å². The van der Waals surface area contributed by atoms with Crippen molar-refractivity contribution >= 4 is 35.1 Å². The van der Waals surface area contributed by atoms with E-state index in [9.17, 15) is 14.0 Å². The molecule has 1 aromatic heterocycles. The summed E-state index contributed by atoms with van der Waals surface area (Å²) in [5.74, 6) is -1.37. The normalized spacial score (nSPS) is 13.8. The zero-order valence-corrected chi connectivity index (χ0v) is 14.2. The molecule has 0 unspecified atom stereocenters. The van der Waals surface area contributed by atoms with Crippen molar-refractivity contribution < 1.29 is 23.2 Å². The van der Waals surface area contributed by atoms with E-state index in [4.69, 9.17) is 16.1 Å². The molecule has 8 heteroatoms. The van der Waals surface area contributed by atoms with Crippen LogP contribution in [0, 0.1) is 5.92 Å². The summed E-state index contributed by atoms with van der Waals surface area (Å²) < 4.78 is 21.8. The first-order chi connectivity index (χ1) is 11.6. The maximum absolute atomic E-state index is 12.6. The van der Waals surface area contributed by atoms with Gasteiger partial charge in [0.15, 0.2) is 11.5 Å². The maximum Gasteiger partial charge on any atom is 0.363 e. The van der Waals surface area contributed by atoms with Crippen LogP contribution in [0.25, 0.3) is 11.3 Å². The molecule has 0 atom stereocenters. The highest BCUT2D eigenvalue weighted by Crippen LogP contribution is 2.40. The Labute approximate surface area is 146 Å². The summed E-state index contributed by atoms with van der Waals surface area (Å²) in [6.07, 6.45) is 3.38. The Morgan fingerprint density at radius 2 is 2.21 bits per heavy atom. The number of ether oxygens (including phenoxy) is 1. The maximum atomic E-state index is 12.6. The van der Waals surface area contributed by atoms with E-state index in [1.807, 2.05) is 12.3 Å². The number of benzene rings is 1. The second kappa shape index (κ2) is 6.94. The molecule has 24 heavy (non-hydrogen) atoms. The minimum atomic E-state index is -1.30. The number of rotatable bonds is 6. The van der Waals surface area contributed by atoms with Crippen LogP contribution in [-0.2, 0) is 4.74 Å². The number of ketones is 1. The average Bonchev–Trinajstić information content (AvgIpc) is 3.33. The molecule has 0 saturated heterocycles. The van der Waals surface area contributed by atoms with Crippen LogP contribution in [0.15, 0.2) is 27.6 Å². The minimum Gasteiger partial charge on any atom is -0.429 e. The molecule has 3 rings (SSSR count). The van der Waals surface area contributed by atoms with Crippen LogP contribution in [-0.4, -0.2) is 30.0 Å². The molecule has 1 aliphatic rings. The minimum absolute atomic E-state index is 0.00903. The van der Waals surface area contributed by atoms with Crippen molar-refractivity contribution in [3.8, 4) is 11.3 Å². The highest BCUT2D eigenvalue weighted by atomic mass is 35.5. The molecular weight excluding hydrogens is 357 g/mol. The zero-order chi connectivity index (χ0) is 17.3. The third-order valence-electron chi connectivity index (χ3n) is 3.69. The summed E-state index contributed by atoms with van der Waals surface area (Å²) in [7, 11) is 0. The van der Waals surface area contributed by atoms with E-state index >= 15 is 0 Å². The van der Waals surface area contributed by atoms with Crippen LogP contribution in [0.5, 0.6) is 0 Å². The van der Waals surface area contributed by atoms with E-state index in [0.29, 0.717) is 10.6 Å². The summed E-state index contributed by atoms with van der Waals surface area (Å²) in [5.41, 5.74) is 0.143. The van der Waals surface area contributed by atoms with Crippen LogP contribution in [0.4, 0.5) is 4.39 Å². The Bertz CT molecular complexity index is 803. The van der Waals surface area contributed by atoms with E-state index < -0.39 is 12.8 Å². The van der Waals surface area contributed by atoms with Crippen molar-refractivity contribution in [3.05, 3.63) is 34.5 Å². The molecule has 0 amide bonds. The van der Waals surface area contributed by atoms with E-state index in [2.05, 4.69) is 9.89 Å². The number of aromatic nitrogens is 1. The number of carbonyl (C=O) groups is 2. The number of hydrogen-bond acceptors (Lipinski definition) is 6. The third kappa shape index (κ3) is 3.18. The van der Waals surface area contributed by atoms with E-state index in [1.165, 1.54) is 11.8 Å². The van der Waals surface area contributed by atoms with Gasteiger partial charge in [0.1, 0.15) is 5.56 Å². The van der Waals surface area contributed by atoms with Crippen molar-refractivity contribution in [3.63, 3.8) is 0 Å². The summed E-state index contributed by atoms with van der Waals surface area (Å²) in [6.45, 7) is -1.30. The molecule has 1 fully saturated rings. The fourth-order valence-electron chi connectivity index (χ4n) is 2.32. The quantitative estimate of drug-likeness (QED) is 0.427. The lowest BCUT2D eigenvalue weighted by atomic mass is 10.0. The van der Waals surface area contributed by atoms with E-state index in [1.54, 1.807) is 12.1 Å². The predicted molar refractivity (Wildman–Crippen MR) is 87.2 cm³/mol. The van der Waals surface area contributed by atoms with Crippen LogP contribution in [0.2, 0.25) is 5.02 Å². The van der Waals surface area contributed by atoms with Crippen molar-refractivity contribution in [2.75, 3.05) is 13.1 Å². The summed E-state index contributed by atoms with van der Waals surface area (Å²) in [5, 5.41) is 3.99. The number of Topliss-reactive ketones (excluding diaryl/α,β-unsaturated/α-hetero) is 1. The Kier molecular flexibility index (Phi) is 4.91. The monoisotopic (exact) mass is 369 g/mol. The first-order valence-electron chi connectivity index (χ1n) is 7.17. The third-order valence-corrected chi connectivity index (χ3v) is 4.72. The van der Waals surface area contributed by atoms with Gasteiger partial charge in [-0.1, -0.05) is 16.8 Å². The molecule has 0 spiro atoms. The SMILES string of the molecule is CSc1ccc(-c2onc(C(=O)OCF)c2C(=O)C2CC2)c(Cl)c1. The predicted octanol–water partition coefficient (Wildman–Crippen LogP) is 4.39. The second-order valence-electron chi connectivity index (χ2n) is 5.26. The largest absolute Gasteiger partial charge is 0.429 e. The number of alkyl halides is 1. The Morgan fingerprint density at radius 3 is 2.79 bits per heavy atom. The first kappa shape index (κ1) is 17.0. The van der Waals surface area contributed by atoms with Gasteiger partial charge in [-0.3, -0.25) is 4.79 Å². The van der Waals surface area contributed by atoms with Gasteiger partial charge >= 0.3 is 5.97 Å². The Balaban J connectivity index is 2.10. The van der Waals surface area contributed by atoms with Crippen LogP contribution in [0.1, 0.15) is 33.7 Å². The molecule has 2 aromatic rings. The van der Waals surface area contributed by atoms with Crippen LogP contribution < -0.4 is 0 Å². The Morgan fingerprint density at radius 1 is 1.46 bits per heavy atom. The Hall–Kier alpha value is -1.86. The van der Waals surface area contributed by atoms with Crippen LogP contribution >= 0.6 is 23.4 Å². The molecule has 126 valence electrons. The highest BCUT2D eigenvalue weighted by Gasteiger charge is 2.38. The van der Waals surface area contributed by atoms with E-state index in [0.717, 1.165) is 17.7 Å². The lowest BCUT2D eigenvalue weighted by Gasteiger charge is -2.05. The number of halogens is 2. The highest BCUT2D eigenvalue weighted by molar-refractivity contribution is 7.98. The van der Waals surface area contributed by atoms with Crippen molar-refractivity contribution in [1.29, 1.82) is 0 Å². The fourth-order valence-corrected chi connectivity index (χ4v) is 3.09. The topological polar surface area (TPSA) is 69.4 Å². The molecule has 0 radical (unpaired) electrons. The van der Waals surface area contributed by atoms with Gasteiger partial charge < -0.3 is 9.26 Å². The van der Waals surface area contributed by atoms with Crippen molar-refractivity contribution in [1.82, 2.24) is 5.16 Å². The molecule has 1 aromatic carbocycles. The average molecular weight is 370 g/mol. The molecule has 1 heterocycles. The van der Waals surface area contributed by atoms with Crippen LogP contribution in [0.3, 0.4) is 0 Å². The lowest BCUT2D eigenvalue weighted by molar-refractivity contribution is 0.0310. The smallest absolute Gasteiger partial charge is 0.363 e. The summed E-state index contributed by atoms with van der Waals surface area (Å²) in [4.78, 5) is 25.4. The molecular formula is C16H13ClFNO4S. The molecule has 0 N–H and O–H groups in total. The summed E-state index contributed by atoms with van der Waals surface area (Å²) >= 11 is 7.79. The van der Waals surface area contributed by atoms with Gasteiger partial charge in [-0.05, 0) is 37.3 Å². The molecule has 0 bridgehead atoms. The number of hydrogen-bond donors (Lipinski definition) is 0. The molecule has 1 saturated carbocycles. The van der Waals surface area contributed by atoms with Gasteiger partial charge in [-0.2, -0.15) is 0 Å². The number of carbonyl (C=O) groups excluding carboxylic acids is 2. The molecule has 5 nitrogen and oxygen atoms in total.